The van der Waals surface area contributed by atoms with E-state index < -0.39 is 5.97 Å². The molecule has 0 radical (unpaired) electrons. The summed E-state index contributed by atoms with van der Waals surface area (Å²) in [4.78, 5) is 0. The number of ether oxygens (including phenoxy) is 3. The van der Waals surface area contributed by atoms with Crippen molar-refractivity contribution in [2.75, 3.05) is 21.3 Å². The van der Waals surface area contributed by atoms with Crippen LogP contribution in [0.5, 0.6) is 0 Å². The third kappa shape index (κ3) is 7.89. The highest BCUT2D eigenvalue weighted by atomic mass is 16.9. The van der Waals surface area contributed by atoms with E-state index in [1.54, 1.807) is 21.3 Å². The summed E-state index contributed by atoms with van der Waals surface area (Å²) in [6.45, 7) is 2.26. The molecule has 144 valence electrons. The molecule has 0 aliphatic rings. The lowest BCUT2D eigenvalue weighted by atomic mass is 9.91. The fraction of sp³-hybridized carbons (Fsp3) is 0.727. The smallest absolute Gasteiger partial charge is 0.285 e. The van der Waals surface area contributed by atoms with Crippen molar-refractivity contribution in [2.24, 2.45) is 5.92 Å². The van der Waals surface area contributed by atoms with Crippen LogP contribution in [0.4, 0.5) is 0 Å². The number of rotatable bonds is 15. The molecule has 0 bridgehead atoms. The number of hydrogen-bond donors (Lipinski definition) is 0. The highest BCUT2D eigenvalue weighted by Gasteiger charge is 2.39. The number of unbranched alkanes of at least 4 members (excludes halogenated alkanes) is 5. The third-order valence-corrected chi connectivity index (χ3v) is 5.12. The number of aryl methyl sites for hydroxylation is 1. The molecular formula is C22H38O3. The van der Waals surface area contributed by atoms with E-state index in [1.165, 1.54) is 44.1 Å². The predicted octanol–water partition coefficient (Wildman–Crippen LogP) is 5.97. The van der Waals surface area contributed by atoms with E-state index in [0.717, 1.165) is 25.7 Å². The molecule has 0 spiro atoms. The Morgan fingerprint density at radius 2 is 1.32 bits per heavy atom. The summed E-state index contributed by atoms with van der Waals surface area (Å²) >= 11 is 0. The first-order chi connectivity index (χ1) is 12.2. The van der Waals surface area contributed by atoms with Gasteiger partial charge in [-0.1, -0.05) is 75.8 Å². The highest BCUT2D eigenvalue weighted by molar-refractivity contribution is 5.14. The lowest BCUT2D eigenvalue weighted by molar-refractivity contribution is -0.380. The maximum Gasteiger partial charge on any atom is 0.285 e. The largest absolute Gasteiger partial charge is 0.331 e. The van der Waals surface area contributed by atoms with Crippen LogP contribution >= 0.6 is 0 Å². The van der Waals surface area contributed by atoms with Crippen LogP contribution in [0.1, 0.15) is 70.3 Å². The quantitative estimate of drug-likeness (QED) is 0.288. The Hall–Kier alpha value is -0.900. The topological polar surface area (TPSA) is 27.7 Å². The average Bonchev–Trinajstić information content (AvgIpc) is 2.66. The van der Waals surface area contributed by atoms with E-state index in [4.69, 9.17) is 14.2 Å². The lowest BCUT2D eigenvalue weighted by Gasteiger charge is -2.36. The Kier molecular flexibility index (Phi) is 11.8. The van der Waals surface area contributed by atoms with Crippen molar-refractivity contribution in [2.45, 2.75) is 77.1 Å². The summed E-state index contributed by atoms with van der Waals surface area (Å²) < 4.78 is 17.0. The molecule has 1 aromatic carbocycles. The highest BCUT2D eigenvalue weighted by Crippen LogP contribution is 2.32. The second-order valence-corrected chi connectivity index (χ2v) is 6.85. The van der Waals surface area contributed by atoms with Crippen molar-refractivity contribution in [3.8, 4) is 0 Å². The Morgan fingerprint density at radius 3 is 1.92 bits per heavy atom. The van der Waals surface area contributed by atoms with Gasteiger partial charge in [-0.2, -0.15) is 0 Å². The maximum absolute atomic E-state index is 5.65. The van der Waals surface area contributed by atoms with Gasteiger partial charge in [0.05, 0.1) is 0 Å². The normalized spacial score (nSPS) is 13.1. The molecule has 0 aromatic heterocycles. The van der Waals surface area contributed by atoms with E-state index in [-0.39, 0.29) is 5.92 Å². The second-order valence-electron chi connectivity index (χ2n) is 6.85. The van der Waals surface area contributed by atoms with Crippen LogP contribution < -0.4 is 0 Å². The molecule has 0 heterocycles. The molecule has 1 aromatic rings. The molecule has 1 unspecified atom stereocenters. The van der Waals surface area contributed by atoms with Gasteiger partial charge in [-0.25, -0.2) is 0 Å². The minimum absolute atomic E-state index is 0.252. The molecule has 0 aliphatic heterocycles. The molecule has 3 nitrogen and oxygen atoms in total. The average molecular weight is 351 g/mol. The molecule has 25 heavy (non-hydrogen) atoms. The summed E-state index contributed by atoms with van der Waals surface area (Å²) in [6, 6.07) is 10.7. The third-order valence-electron chi connectivity index (χ3n) is 5.12. The Morgan fingerprint density at radius 1 is 0.760 bits per heavy atom. The Labute approximate surface area is 155 Å². The predicted molar refractivity (Wildman–Crippen MR) is 105 cm³/mol. The van der Waals surface area contributed by atoms with E-state index >= 15 is 0 Å². The second kappa shape index (κ2) is 13.3. The van der Waals surface area contributed by atoms with E-state index in [9.17, 15) is 0 Å². The van der Waals surface area contributed by atoms with Crippen molar-refractivity contribution in [1.29, 1.82) is 0 Å². The molecular weight excluding hydrogens is 312 g/mol. The Balaban J connectivity index is 2.52. The van der Waals surface area contributed by atoms with Crippen LogP contribution in [0.25, 0.3) is 0 Å². The number of hydrogen-bond acceptors (Lipinski definition) is 3. The minimum atomic E-state index is -0.917. The van der Waals surface area contributed by atoms with Gasteiger partial charge >= 0.3 is 0 Å². The summed E-state index contributed by atoms with van der Waals surface area (Å²) in [6.07, 6.45) is 12.1. The van der Waals surface area contributed by atoms with Crippen molar-refractivity contribution in [3.05, 3.63) is 35.9 Å². The van der Waals surface area contributed by atoms with Gasteiger partial charge in [0.25, 0.3) is 5.97 Å². The summed E-state index contributed by atoms with van der Waals surface area (Å²) in [5.74, 6) is -0.664. The molecule has 1 atom stereocenters. The summed E-state index contributed by atoms with van der Waals surface area (Å²) in [5.41, 5.74) is 1.39. The molecule has 0 aliphatic carbocycles. The van der Waals surface area contributed by atoms with Gasteiger partial charge in [0.1, 0.15) is 0 Å². The molecule has 0 N–H and O–H groups in total. The summed E-state index contributed by atoms with van der Waals surface area (Å²) in [7, 11) is 5.04. The van der Waals surface area contributed by atoms with E-state index in [0.29, 0.717) is 0 Å². The molecule has 1 rings (SSSR count). The Bertz CT molecular complexity index is 406. The number of benzene rings is 1. The first kappa shape index (κ1) is 22.1. The van der Waals surface area contributed by atoms with Crippen molar-refractivity contribution < 1.29 is 14.2 Å². The van der Waals surface area contributed by atoms with Gasteiger partial charge in [0, 0.05) is 27.2 Å². The van der Waals surface area contributed by atoms with Crippen LogP contribution in [0.15, 0.2) is 30.3 Å². The van der Waals surface area contributed by atoms with Crippen LogP contribution in [0, 0.1) is 5.92 Å². The van der Waals surface area contributed by atoms with Crippen LogP contribution in [0.3, 0.4) is 0 Å². The molecule has 0 amide bonds. The fourth-order valence-electron chi connectivity index (χ4n) is 3.62. The summed E-state index contributed by atoms with van der Waals surface area (Å²) in [5, 5.41) is 0. The first-order valence-electron chi connectivity index (χ1n) is 9.91. The monoisotopic (exact) mass is 350 g/mol. The number of methoxy groups -OCH3 is 3. The molecule has 0 saturated carbocycles. The van der Waals surface area contributed by atoms with Gasteiger partial charge in [0.15, 0.2) is 0 Å². The van der Waals surface area contributed by atoms with Crippen LogP contribution in [-0.2, 0) is 20.6 Å². The fourth-order valence-corrected chi connectivity index (χ4v) is 3.62. The van der Waals surface area contributed by atoms with Crippen LogP contribution in [0.2, 0.25) is 0 Å². The zero-order chi connectivity index (χ0) is 18.4. The first-order valence-corrected chi connectivity index (χ1v) is 9.91. The van der Waals surface area contributed by atoms with Gasteiger partial charge in [-0.3, -0.25) is 0 Å². The van der Waals surface area contributed by atoms with Crippen LogP contribution in [-0.4, -0.2) is 27.3 Å². The van der Waals surface area contributed by atoms with Gasteiger partial charge in [0.2, 0.25) is 0 Å². The molecule has 3 heteroatoms. The van der Waals surface area contributed by atoms with Gasteiger partial charge in [-0.15, -0.1) is 0 Å². The lowest BCUT2D eigenvalue weighted by Crippen LogP contribution is -2.44. The van der Waals surface area contributed by atoms with Crippen molar-refractivity contribution in [3.63, 3.8) is 0 Å². The zero-order valence-electron chi connectivity index (χ0n) is 16.8. The van der Waals surface area contributed by atoms with Gasteiger partial charge in [-0.05, 0) is 31.2 Å². The zero-order valence-corrected chi connectivity index (χ0v) is 16.8. The molecule has 0 fully saturated rings. The standard InChI is InChI=1S/C22H38O3/c1-5-6-7-8-9-13-18-21(22(23-2,24-3)25-4)19-14-17-20-15-11-10-12-16-20/h10-12,15-16,21H,5-9,13-14,17-19H2,1-4H3. The minimum Gasteiger partial charge on any atom is -0.331 e. The van der Waals surface area contributed by atoms with Gasteiger partial charge < -0.3 is 14.2 Å². The molecule has 0 saturated heterocycles. The maximum atomic E-state index is 5.65. The van der Waals surface area contributed by atoms with Crippen molar-refractivity contribution >= 4 is 0 Å². The van der Waals surface area contributed by atoms with E-state index in [2.05, 4.69) is 37.3 Å². The van der Waals surface area contributed by atoms with Crippen molar-refractivity contribution in [1.82, 2.24) is 0 Å². The van der Waals surface area contributed by atoms with E-state index in [1.807, 2.05) is 0 Å². The SMILES string of the molecule is CCCCCCCCC(CCCc1ccccc1)C(OC)(OC)OC.